The zero-order valence-electron chi connectivity index (χ0n) is 10.2. The lowest BCUT2D eigenvalue weighted by Gasteiger charge is -2.35. The van der Waals surface area contributed by atoms with Gasteiger partial charge in [0.05, 0.1) is 12.1 Å². The molecule has 0 aliphatic carbocycles. The number of rotatable bonds is 5. The van der Waals surface area contributed by atoms with Crippen LogP contribution in [0.3, 0.4) is 0 Å². The first-order chi connectivity index (χ1) is 7.56. The van der Waals surface area contributed by atoms with Crippen molar-refractivity contribution in [2.75, 3.05) is 39.9 Å². The van der Waals surface area contributed by atoms with Crippen molar-refractivity contribution in [3.8, 4) is 0 Å². The molecule has 1 amide bonds. The molecule has 1 rings (SSSR count). The Kier molecular flexibility index (Phi) is 5.18. The summed E-state index contributed by atoms with van der Waals surface area (Å²) in [6.07, 6.45) is 1.29. The highest BCUT2D eigenvalue weighted by Gasteiger charge is 2.31. The number of aliphatic hydroxyl groups is 1. The molecule has 1 saturated heterocycles. The van der Waals surface area contributed by atoms with E-state index in [2.05, 4.69) is 5.32 Å². The van der Waals surface area contributed by atoms with E-state index in [-0.39, 0.29) is 5.91 Å². The molecule has 1 heterocycles. The number of ether oxygens (including phenoxy) is 1. The van der Waals surface area contributed by atoms with Gasteiger partial charge in [-0.1, -0.05) is 0 Å². The summed E-state index contributed by atoms with van der Waals surface area (Å²) in [7, 11) is 1.85. The van der Waals surface area contributed by atoms with Gasteiger partial charge in [-0.3, -0.25) is 9.69 Å². The molecule has 0 aromatic heterocycles. The Morgan fingerprint density at radius 2 is 2.12 bits per heavy atom. The third-order valence-electron chi connectivity index (χ3n) is 2.78. The van der Waals surface area contributed by atoms with Gasteiger partial charge in [-0.05, 0) is 14.0 Å². The maximum atomic E-state index is 11.3. The zero-order valence-corrected chi connectivity index (χ0v) is 10.2. The zero-order chi connectivity index (χ0) is 12.0. The fourth-order valence-corrected chi connectivity index (χ4v) is 1.97. The number of carbonyl (C=O) groups is 1. The number of nitrogens with one attached hydrogen (secondary N) is 1. The summed E-state index contributed by atoms with van der Waals surface area (Å²) in [6.45, 7) is 4.59. The van der Waals surface area contributed by atoms with Crippen molar-refractivity contribution in [1.82, 2.24) is 10.2 Å². The van der Waals surface area contributed by atoms with E-state index in [4.69, 9.17) is 4.74 Å². The number of nitrogens with zero attached hydrogens (tertiary/aromatic N) is 1. The lowest BCUT2D eigenvalue weighted by atomic mass is 9.94. The standard InChI is InChI=1S/C11H22N2O3/c1-3-12-10(14)8-13(2)9-11(15)4-6-16-7-5-11/h15H,3-9H2,1-2H3,(H,12,14). The van der Waals surface area contributed by atoms with E-state index in [9.17, 15) is 9.90 Å². The molecule has 0 atom stereocenters. The maximum absolute atomic E-state index is 11.3. The van der Waals surface area contributed by atoms with Crippen molar-refractivity contribution in [2.24, 2.45) is 0 Å². The van der Waals surface area contributed by atoms with E-state index >= 15 is 0 Å². The SMILES string of the molecule is CCNC(=O)CN(C)CC1(O)CCOCC1. The molecule has 0 aromatic rings. The van der Waals surface area contributed by atoms with Gasteiger partial charge in [0.15, 0.2) is 0 Å². The van der Waals surface area contributed by atoms with Crippen molar-refractivity contribution in [3.05, 3.63) is 0 Å². The number of hydrogen-bond donors (Lipinski definition) is 2. The molecule has 5 nitrogen and oxygen atoms in total. The van der Waals surface area contributed by atoms with Crippen LogP contribution in [0.15, 0.2) is 0 Å². The van der Waals surface area contributed by atoms with E-state index in [1.54, 1.807) is 0 Å². The van der Waals surface area contributed by atoms with Crippen molar-refractivity contribution in [1.29, 1.82) is 0 Å². The van der Waals surface area contributed by atoms with Gasteiger partial charge in [-0.2, -0.15) is 0 Å². The molecule has 0 aromatic carbocycles. The second-order valence-electron chi connectivity index (χ2n) is 4.46. The second kappa shape index (κ2) is 6.18. The van der Waals surface area contributed by atoms with Crippen LogP contribution in [0.1, 0.15) is 19.8 Å². The van der Waals surface area contributed by atoms with Crippen LogP contribution in [-0.2, 0) is 9.53 Å². The number of likely N-dealkylation sites (N-methyl/N-ethyl adjacent to an activating group) is 2. The predicted octanol–water partition coefficient (Wildman–Crippen LogP) is -0.404. The van der Waals surface area contributed by atoms with E-state index in [1.807, 2.05) is 18.9 Å². The predicted molar refractivity (Wildman–Crippen MR) is 61.2 cm³/mol. The molecule has 94 valence electrons. The van der Waals surface area contributed by atoms with Crippen LogP contribution in [0.2, 0.25) is 0 Å². The lowest BCUT2D eigenvalue weighted by Crippen LogP contribution is -2.48. The molecule has 2 N–H and O–H groups in total. The first-order valence-corrected chi connectivity index (χ1v) is 5.81. The van der Waals surface area contributed by atoms with Gasteiger partial charge >= 0.3 is 0 Å². The summed E-state index contributed by atoms with van der Waals surface area (Å²) in [5.74, 6) is 0.000611. The van der Waals surface area contributed by atoms with Crippen molar-refractivity contribution in [3.63, 3.8) is 0 Å². The Bertz CT molecular complexity index is 227. The van der Waals surface area contributed by atoms with Gasteiger partial charge in [0.25, 0.3) is 0 Å². The average molecular weight is 230 g/mol. The Labute approximate surface area is 96.8 Å². The van der Waals surface area contributed by atoms with Crippen molar-refractivity contribution < 1.29 is 14.6 Å². The Morgan fingerprint density at radius 1 is 1.50 bits per heavy atom. The summed E-state index contributed by atoms with van der Waals surface area (Å²) < 4.78 is 5.21. The van der Waals surface area contributed by atoms with Gasteiger partial charge in [0.2, 0.25) is 5.91 Å². The molecule has 0 spiro atoms. The van der Waals surface area contributed by atoms with Gasteiger partial charge < -0.3 is 15.2 Å². The molecule has 5 heteroatoms. The largest absolute Gasteiger partial charge is 0.388 e. The first-order valence-electron chi connectivity index (χ1n) is 5.81. The highest BCUT2D eigenvalue weighted by molar-refractivity contribution is 5.77. The molecule has 0 saturated carbocycles. The topological polar surface area (TPSA) is 61.8 Å². The first kappa shape index (κ1) is 13.4. The fraction of sp³-hybridized carbons (Fsp3) is 0.909. The van der Waals surface area contributed by atoms with Gasteiger partial charge in [-0.25, -0.2) is 0 Å². The van der Waals surface area contributed by atoms with Gasteiger partial charge in [0.1, 0.15) is 0 Å². The molecule has 1 fully saturated rings. The van der Waals surface area contributed by atoms with Crippen LogP contribution in [0.5, 0.6) is 0 Å². The van der Waals surface area contributed by atoms with Crippen molar-refractivity contribution in [2.45, 2.75) is 25.4 Å². The summed E-state index contributed by atoms with van der Waals surface area (Å²) in [5.41, 5.74) is -0.695. The highest BCUT2D eigenvalue weighted by atomic mass is 16.5. The molecular formula is C11H22N2O3. The monoisotopic (exact) mass is 230 g/mol. The van der Waals surface area contributed by atoms with E-state index in [1.165, 1.54) is 0 Å². The molecule has 1 aliphatic heterocycles. The van der Waals surface area contributed by atoms with E-state index in [0.29, 0.717) is 45.7 Å². The maximum Gasteiger partial charge on any atom is 0.234 e. The minimum Gasteiger partial charge on any atom is -0.388 e. The van der Waals surface area contributed by atoms with Crippen LogP contribution in [0, 0.1) is 0 Å². The van der Waals surface area contributed by atoms with E-state index < -0.39 is 5.60 Å². The molecular weight excluding hydrogens is 208 g/mol. The van der Waals surface area contributed by atoms with Crippen LogP contribution in [0.25, 0.3) is 0 Å². The Morgan fingerprint density at radius 3 is 2.69 bits per heavy atom. The Hall–Kier alpha value is -0.650. The van der Waals surface area contributed by atoms with Crippen LogP contribution >= 0.6 is 0 Å². The van der Waals surface area contributed by atoms with Gasteiger partial charge in [0, 0.05) is 39.1 Å². The third kappa shape index (κ3) is 4.47. The minimum absolute atomic E-state index is 0.000611. The van der Waals surface area contributed by atoms with Gasteiger partial charge in [-0.15, -0.1) is 0 Å². The summed E-state index contributed by atoms with van der Waals surface area (Å²) in [4.78, 5) is 13.2. The van der Waals surface area contributed by atoms with E-state index in [0.717, 1.165) is 0 Å². The lowest BCUT2D eigenvalue weighted by molar-refractivity contribution is -0.123. The summed E-state index contributed by atoms with van der Waals surface area (Å²) in [5, 5.41) is 13.0. The smallest absolute Gasteiger partial charge is 0.234 e. The van der Waals surface area contributed by atoms with Crippen LogP contribution < -0.4 is 5.32 Å². The summed E-state index contributed by atoms with van der Waals surface area (Å²) >= 11 is 0. The number of carbonyl (C=O) groups excluding carboxylic acids is 1. The van der Waals surface area contributed by atoms with Crippen LogP contribution in [-0.4, -0.2) is 61.4 Å². The molecule has 0 unspecified atom stereocenters. The number of amides is 1. The average Bonchev–Trinajstić information content (AvgIpc) is 2.17. The highest BCUT2D eigenvalue weighted by Crippen LogP contribution is 2.20. The molecule has 16 heavy (non-hydrogen) atoms. The Balaban J connectivity index is 2.31. The fourth-order valence-electron chi connectivity index (χ4n) is 1.97. The second-order valence-corrected chi connectivity index (χ2v) is 4.46. The minimum atomic E-state index is -0.695. The summed E-state index contributed by atoms with van der Waals surface area (Å²) in [6, 6.07) is 0. The third-order valence-corrected chi connectivity index (χ3v) is 2.78. The molecule has 0 bridgehead atoms. The normalized spacial score (nSPS) is 19.8. The van der Waals surface area contributed by atoms with Crippen LogP contribution in [0.4, 0.5) is 0 Å². The molecule has 1 aliphatic rings. The van der Waals surface area contributed by atoms with Crippen molar-refractivity contribution >= 4 is 5.91 Å². The molecule has 0 radical (unpaired) electrons. The quantitative estimate of drug-likeness (QED) is 0.674. The number of hydrogen-bond acceptors (Lipinski definition) is 4.